The summed E-state index contributed by atoms with van der Waals surface area (Å²) >= 11 is 0. The van der Waals surface area contributed by atoms with Gasteiger partial charge in [-0.2, -0.15) is 0 Å². The van der Waals surface area contributed by atoms with Crippen LogP contribution < -0.4 is 0 Å². The van der Waals surface area contributed by atoms with Gasteiger partial charge in [-0.05, 0) is 44.1 Å². The number of benzene rings is 1. The quantitative estimate of drug-likeness (QED) is 0.808. The minimum Gasteiger partial charge on any atom is -0.394 e. The first-order chi connectivity index (χ1) is 12.8. The average Bonchev–Trinajstić information content (AvgIpc) is 3.42. The van der Waals surface area contributed by atoms with Crippen molar-refractivity contribution in [2.45, 2.75) is 81.8 Å². The lowest BCUT2D eigenvalue weighted by Gasteiger charge is -2.23. The Bertz CT molecular complexity index is 551. The lowest BCUT2D eigenvalue weighted by atomic mass is 10.0. The predicted molar refractivity (Wildman–Crippen MR) is 96.9 cm³/mol. The average molecular weight is 362 g/mol. The van der Waals surface area contributed by atoms with Gasteiger partial charge in [0.25, 0.3) is 0 Å². The van der Waals surface area contributed by atoms with Crippen molar-refractivity contribution in [1.29, 1.82) is 0 Å². The molecule has 0 radical (unpaired) electrons. The maximum Gasteiger partial charge on any atom is 0.0842 e. The molecule has 1 aromatic rings. The first kappa shape index (κ1) is 18.4. The summed E-state index contributed by atoms with van der Waals surface area (Å²) in [6, 6.07) is 10.2. The second-order valence-corrected chi connectivity index (χ2v) is 7.72. The van der Waals surface area contributed by atoms with E-state index < -0.39 is 0 Å². The van der Waals surface area contributed by atoms with Gasteiger partial charge in [0.05, 0.1) is 56.4 Å². The Kier molecular flexibility index (Phi) is 6.23. The van der Waals surface area contributed by atoms with Crippen LogP contribution in [0.3, 0.4) is 0 Å². The molecule has 0 saturated carbocycles. The highest BCUT2D eigenvalue weighted by molar-refractivity contribution is 5.13. The first-order valence-electron chi connectivity index (χ1n) is 10.0. The van der Waals surface area contributed by atoms with Crippen molar-refractivity contribution >= 4 is 0 Å². The molecular weight excluding hydrogens is 332 g/mol. The number of rotatable bonds is 7. The summed E-state index contributed by atoms with van der Waals surface area (Å²) in [7, 11) is 0. The van der Waals surface area contributed by atoms with Crippen LogP contribution in [0.1, 0.15) is 44.1 Å². The van der Waals surface area contributed by atoms with Crippen molar-refractivity contribution in [2.75, 3.05) is 13.2 Å². The molecule has 3 fully saturated rings. The van der Waals surface area contributed by atoms with E-state index in [4.69, 9.17) is 18.9 Å². The van der Waals surface area contributed by atoms with E-state index in [0.717, 1.165) is 38.5 Å². The van der Waals surface area contributed by atoms with Gasteiger partial charge in [-0.3, -0.25) is 0 Å². The SMILES string of the molecule is OC[C@H]1CC[C@H]([C@H]2CC[C@H]([C@H]3CC[C@H](COCc4ccccc4)O3)O2)O1. The maximum atomic E-state index is 9.23. The van der Waals surface area contributed by atoms with Crippen LogP contribution in [0.15, 0.2) is 30.3 Å². The number of ether oxygens (including phenoxy) is 4. The minimum absolute atomic E-state index is 0.00322. The Labute approximate surface area is 155 Å². The van der Waals surface area contributed by atoms with Gasteiger partial charge in [0.2, 0.25) is 0 Å². The smallest absolute Gasteiger partial charge is 0.0842 e. The number of aliphatic hydroxyl groups excluding tert-OH is 1. The van der Waals surface area contributed by atoms with Gasteiger partial charge in [0, 0.05) is 0 Å². The fourth-order valence-electron chi connectivity index (χ4n) is 4.39. The zero-order chi connectivity index (χ0) is 17.8. The molecule has 26 heavy (non-hydrogen) atoms. The second kappa shape index (κ2) is 8.81. The van der Waals surface area contributed by atoms with Crippen molar-refractivity contribution < 1.29 is 24.1 Å². The molecule has 3 aliphatic heterocycles. The minimum atomic E-state index is -0.00322. The lowest BCUT2D eigenvalue weighted by molar-refractivity contribution is -0.114. The van der Waals surface area contributed by atoms with E-state index in [1.165, 1.54) is 5.56 Å². The molecule has 0 unspecified atom stereocenters. The van der Waals surface area contributed by atoms with Crippen LogP contribution in [0.5, 0.6) is 0 Å². The van der Waals surface area contributed by atoms with Gasteiger partial charge in [-0.1, -0.05) is 30.3 Å². The van der Waals surface area contributed by atoms with E-state index in [9.17, 15) is 5.11 Å². The largest absolute Gasteiger partial charge is 0.394 e. The topological polar surface area (TPSA) is 57.2 Å². The van der Waals surface area contributed by atoms with Crippen LogP contribution in [0.25, 0.3) is 0 Å². The van der Waals surface area contributed by atoms with Crippen LogP contribution in [0.4, 0.5) is 0 Å². The standard InChI is InChI=1S/C21H30O5/c22-12-16-6-8-18(24-16)20-10-11-21(26-20)19-9-7-17(25-19)14-23-13-15-4-2-1-3-5-15/h1-5,16-22H,6-14H2/t16-,17-,18-,19-,20-,21-/m1/s1. The van der Waals surface area contributed by atoms with E-state index in [2.05, 4.69) is 12.1 Å². The third kappa shape index (κ3) is 4.46. The van der Waals surface area contributed by atoms with Gasteiger partial charge >= 0.3 is 0 Å². The van der Waals surface area contributed by atoms with E-state index >= 15 is 0 Å². The van der Waals surface area contributed by atoms with Crippen LogP contribution in [0, 0.1) is 0 Å². The molecule has 5 heteroatoms. The Morgan fingerprint density at radius 3 is 2.00 bits per heavy atom. The summed E-state index contributed by atoms with van der Waals surface area (Å²) in [5, 5.41) is 9.23. The molecule has 6 atom stereocenters. The molecule has 0 amide bonds. The van der Waals surface area contributed by atoms with E-state index in [0.29, 0.717) is 13.2 Å². The first-order valence-corrected chi connectivity index (χ1v) is 10.0. The molecule has 4 rings (SSSR count). The molecule has 3 heterocycles. The van der Waals surface area contributed by atoms with Crippen LogP contribution in [-0.2, 0) is 25.6 Å². The molecule has 5 nitrogen and oxygen atoms in total. The Balaban J connectivity index is 1.17. The maximum absolute atomic E-state index is 9.23. The number of hydrogen-bond acceptors (Lipinski definition) is 5. The normalized spacial score (nSPS) is 37.4. The number of hydrogen-bond donors (Lipinski definition) is 1. The van der Waals surface area contributed by atoms with E-state index in [1.807, 2.05) is 18.2 Å². The fourth-order valence-corrected chi connectivity index (χ4v) is 4.39. The van der Waals surface area contributed by atoms with Crippen LogP contribution >= 0.6 is 0 Å². The molecule has 0 bridgehead atoms. The molecule has 3 aliphatic rings. The molecule has 0 aliphatic carbocycles. The fraction of sp³-hybridized carbons (Fsp3) is 0.714. The van der Waals surface area contributed by atoms with Gasteiger partial charge in [0.15, 0.2) is 0 Å². The molecule has 144 valence electrons. The van der Waals surface area contributed by atoms with Crippen LogP contribution in [0.2, 0.25) is 0 Å². The highest BCUT2D eigenvalue weighted by Gasteiger charge is 2.41. The van der Waals surface area contributed by atoms with Gasteiger partial charge in [0.1, 0.15) is 0 Å². The van der Waals surface area contributed by atoms with Crippen molar-refractivity contribution in [1.82, 2.24) is 0 Å². The van der Waals surface area contributed by atoms with Crippen molar-refractivity contribution in [3.8, 4) is 0 Å². The summed E-state index contributed by atoms with van der Waals surface area (Å²) in [5.41, 5.74) is 1.20. The van der Waals surface area contributed by atoms with Crippen molar-refractivity contribution in [3.63, 3.8) is 0 Å². The van der Waals surface area contributed by atoms with E-state index in [1.54, 1.807) is 0 Å². The highest BCUT2D eigenvalue weighted by atomic mass is 16.6. The number of aliphatic hydroxyl groups is 1. The van der Waals surface area contributed by atoms with Gasteiger partial charge in [-0.15, -0.1) is 0 Å². The predicted octanol–water partition coefficient (Wildman–Crippen LogP) is 2.84. The molecular formula is C21H30O5. The van der Waals surface area contributed by atoms with Gasteiger partial charge < -0.3 is 24.1 Å². The molecule has 0 spiro atoms. The monoisotopic (exact) mass is 362 g/mol. The molecule has 1 N–H and O–H groups in total. The summed E-state index contributed by atoms with van der Waals surface area (Å²) in [6.45, 7) is 1.40. The lowest BCUT2D eigenvalue weighted by Crippen LogP contribution is -2.32. The molecule has 3 saturated heterocycles. The molecule has 0 aromatic heterocycles. The third-order valence-corrected chi connectivity index (χ3v) is 5.81. The third-order valence-electron chi connectivity index (χ3n) is 5.81. The van der Waals surface area contributed by atoms with E-state index in [-0.39, 0.29) is 43.2 Å². The molecule has 1 aromatic carbocycles. The zero-order valence-electron chi connectivity index (χ0n) is 15.3. The second-order valence-electron chi connectivity index (χ2n) is 7.72. The highest BCUT2D eigenvalue weighted by Crippen LogP contribution is 2.36. The summed E-state index contributed by atoms with van der Waals surface area (Å²) in [6.07, 6.45) is 6.91. The van der Waals surface area contributed by atoms with Crippen LogP contribution in [-0.4, -0.2) is 54.9 Å². The Morgan fingerprint density at radius 2 is 1.35 bits per heavy atom. The summed E-state index contributed by atoms with van der Waals surface area (Å²) in [4.78, 5) is 0. The summed E-state index contributed by atoms with van der Waals surface area (Å²) in [5.74, 6) is 0. The van der Waals surface area contributed by atoms with Crippen molar-refractivity contribution in [2.24, 2.45) is 0 Å². The summed E-state index contributed by atoms with van der Waals surface area (Å²) < 4.78 is 24.2. The van der Waals surface area contributed by atoms with Crippen molar-refractivity contribution in [3.05, 3.63) is 35.9 Å². The Hall–Kier alpha value is -0.980. The van der Waals surface area contributed by atoms with Gasteiger partial charge in [-0.25, -0.2) is 0 Å². The Morgan fingerprint density at radius 1 is 0.769 bits per heavy atom. The zero-order valence-corrected chi connectivity index (χ0v) is 15.3.